The molecule has 0 unspecified atom stereocenters. The fraction of sp³-hybridized carbons (Fsp3) is 0.400. The molecule has 0 aliphatic carbocycles. The molecule has 14 heavy (non-hydrogen) atoms. The maximum Gasteiger partial charge on any atom is 0.247 e. The molecule has 1 rings (SSSR count). The van der Waals surface area contributed by atoms with Crippen LogP contribution in [-0.2, 0) is 9.16 Å². The van der Waals surface area contributed by atoms with Crippen LogP contribution in [-0.4, -0.2) is 34.5 Å². The fourth-order valence-corrected chi connectivity index (χ4v) is 2.45. The van der Waals surface area contributed by atoms with Crippen LogP contribution in [0.1, 0.15) is 0 Å². The Labute approximate surface area is 86.0 Å². The number of methoxy groups -OCH3 is 1. The van der Waals surface area contributed by atoms with Gasteiger partial charge in [0.05, 0.1) is 13.2 Å². The molecule has 0 saturated carbocycles. The van der Waals surface area contributed by atoms with Crippen LogP contribution in [0, 0.1) is 0 Å². The number of aromatic hydroxyl groups is 1. The highest BCUT2D eigenvalue weighted by Crippen LogP contribution is 2.05. The Morgan fingerprint density at radius 1 is 1.29 bits per heavy atom. The lowest BCUT2D eigenvalue weighted by atomic mass is 10.3. The molecule has 1 aromatic carbocycles. The summed E-state index contributed by atoms with van der Waals surface area (Å²) in [5.41, 5.74) is 0. The Balaban J connectivity index is 2.51. The molecule has 0 atom stereocenters. The molecule has 3 nitrogen and oxygen atoms in total. The lowest BCUT2D eigenvalue weighted by molar-refractivity contribution is 0.147. The molecule has 0 spiro atoms. The molecule has 0 heterocycles. The zero-order chi connectivity index (χ0) is 10.4. The lowest BCUT2D eigenvalue weighted by Crippen LogP contribution is -2.31. The molecule has 0 fully saturated rings. The Bertz CT molecular complexity index is 278. The van der Waals surface area contributed by atoms with Crippen molar-refractivity contribution in [3.8, 4) is 5.75 Å². The highest BCUT2D eigenvalue weighted by Gasteiger charge is 2.12. The van der Waals surface area contributed by atoms with E-state index in [1.165, 1.54) is 0 Å². The van der Waals surface area contributed by atoms with Crippen molar-refractivity contribution in [3.05, 3.63) is 24.3 Å². The molecule has 4 heteroatoms. The minimum atomic E-state index is -1.10. The number of hydrogen-bond acceptors (Lipinski definition) is 3. The predicted octanol–water partition coefficient (Wildman–Crippen LogP) is 0.883. The molecule has 1 N–H and O–H groups in total. The zero-order valence-electron chi connectivity index (χ0n) is 8.49. The molecule has 1 aromatic rings. The van der Waals surface area contributed by atoms with Crippen molar-refractivity contribution in [2.24, 2.45) is 0 Å². The van der Waals surface area contributed by atoms with Gasteiger partial charge >= 0.3 is 0 Å². The number of para-hydroxylation sites is 1. The third-order valence-electron chi connectivity index (χ3n) is 1.89. The van der Waals surface area contributed by atoms with E-state index >= 15 is 0 Å². The summed E-state index contributed by atoms with van der Waals surface area (Å²) in [6.07, 6.45) is 0. The highest BCUT2D eigenvalue weighted by atomic mass is 28.3. The number of phenols is 1. The second-order valence-electron chi connectivity index (χ2n) is 2.91. The predicted molar refractivity (Wildman–Crippen MR) is 57.2 cm³/mol. The van der Waals surface area contributed by atoms with Crippen LogP contribution in [0.15, 0.2) is 24.3 Å². The van der Waals surface area contributed by atoms with Crippen LogP contribution < -0.4 is 5.19 Å². The van der Waals surface area contributed by atoms with Gasteiger partial charge < -0.3 is 14.3 Å². The first-order valence-corrected chi connectivity index (χ1v) is 6.40. The smallest absolute Gasteiger partial charge is 0.247 e. The molecular formula is C10H15O3Si. The van der Waals surface area contributed by atoms with Crippen molar-refractivity contribution < 1.29 is 14.3 Å². The summed E-state index contributed by atoms with van der Waals surface area (Å²) in [6, 6.07) is 7.30. The van der Waals surface area contributed by atoms with Crippen LogP contribution in [0.5, 0.6) is 5.75 Å². The topological polar surface area (TPSA) is 38.7 Å². The Hall–Kier alpha value is -0.843. The van der Waals surface area contributed by atoms with E-state index in [-0.39, 0.29) is 0 Å². The summed E-state index contributed by atoms with van der Waals surface area (Å²) in [5.74, 6) is 0.321. The number of ether oxygens (including phenoxy) is 1. The van der Waals surface area contributed by atoms with Crippen molar-refractivity contribution in [1.29, 1.82) is 0 Å². The zero-order valence-corrected chi connectivity index (χ0v) is 9.49. The van der Waals surface area contributed by atoms with Crippen LogP contribution >= 0.6 is 0 Å². The van der Waals surface area contributed by atoms with Gasteiger partial charge in [-0.1, -0.05) is 18.2 Å². The van der Waals surface area contributed by atoms with E-state index in [4.69, 9.17) is 9.16 Å². The molecule has 0 aromatic heterocycles. The van der Waals surface area contributed by atoms with Gasteiger partial charge in [-0.15, -0.1) is 0 Å². The van der Waals surface area contributed by atoms with Gasteiger partial charge in [-0.2, -0.15) is 0 Å². The summed E-state index contributed by atoms with van der Waals surface area (Å²) in [7, 11) is 0.545. The molecule has 0 saturated heterocycles. The minimum Gasteiger partial charge on any atom is -0.508 e. The van der Waals surface area contributed by atoms with Gasteiger partial charge in [0.1, 0.15) is 5.75 Å². The van der Waals surface area contributed by atoms with E-state index in [2.05, 4.69) is 0 Å². The Morgan fingerprint density at radius 3 is 2.64 bits per heavy atom. The van der Waals surface area contributed by atoms with Gasteiger partial charge in [-0.05, 0) is 12.6 Å². The normalized spacial score (nSPS) is 10.8. The first-order valence-electron chi connectivity index (χ1n) is 4.49. The van der Waals surface area contributed by atoms with E-state index in [0.29, 0.717) is 19.0 Å². The molecule has 1 radical (unpaired) electrons. The molecule has 0 aliphatic heterocycles. The molecule has 0 amide bonds. The summed E-state index contributed by atoms with van der Waals surface area (Å²) in [4.78, 5) is 0. The summed E-state index contributed by atoms with van der Waals surface area (Å²) >= 11 is 0. The summed E-state index contributed by atoms with van der Waals surface area (Å²) in [6.45, 7) is 3.18. The maximum absolute atomic E-state index is 9.55. The van der Waals surface area contributed by atoms with Crippen LogP contribution in [0.25, 0.3) is 0 Å². The SMILES string of the molecule is COCCO[Si](C)c1ccccc1O. The third-order valence-corrected chi connectivity index (χ3v) is 3.71. The highest BCUT2D eigenvalue weighted by molar-refractivity contribution is 6.67. The number of phenolic OH excluding ortho intramolecular Hbond substituents is 1. The third kappa shape index (κ3) is 3.14. The minimum absolute atomic E-state index is 0.321. The van der Waals surface area contributed by atoms with Crippen molar-refractivity contribution >= 4 is 14.2 Å². The van der Waals surface area contributed by atoms with Crippen molar-refractivity contribution in [2.45, 2.75) is 6.55 Å². The van der Waals surface area contributed by atoms with Crippen LogP contribution in [0.4, 0.5) is 0 Å². The number of hydrogen-bond donors (Lipinski definition) is 1. The molecule has 0 aliphatic rings. The van der Waals surface area contributed by atoms with Crippen molar-refractivity contribution in [1.82, 2.24) is 0 Å². The average Bonchev–Trinajstić information content (AvgIpc) is 2.18. The van der Waals surface area contributed by atoms with Crippen molar-refractivity contribution in [2.75, 3.05) is 20.3 Å². The second kappa shape index (κ2) is 5.80. The first-order chi connectivity index (χ1) is 6.75. The Kier molecular flexibility index (Phi) is 4.65. The van der Waals surface area contributed by atoms with E-state index < -0.39 is 9.04 Å². The van der Waals surface area contributed by atoms with Gasteiger partial charge in [-0.3, -0.25) is 0 Å². The van der Waals surface area contributed by atoms with Gasteiger partial charge in [0, 0.05) is 12.3 Å². The first kappa shape index (κ1) is 11.2. The van der Waals surface area contributed by atoms with Crippen molar-refractivity contribution in [3.63, 3.8) is 0 Å². The largest absolute Gasteiger partial charge is 0.508 e. The van der Waals surface area contributed by atoms with Gasteiger partial charge in [0.25, 0.3) is 0 Å². The maximum atomic E-state index is 9.55. The second-order valence-corrected chi connectivity index (χ2v) is 4.85. The van der Waals surface area contributed by atoms with E-state index in [1.807, 2.05) is 24.7 Å². The Morgan fingerprint density at radius 2 is 2.00 bits per heavy atom. The van der Waals surface area contributed by atoms with Gasteiger partial charge in [0.2, 0.25) is 9.04 Å². The van der Waals surface area contributed by atoms with Gasteiger partial charge in [-0.25, -0.2) is 0 Å². The van der Waals surface area contributed by atoms with Gasteiger partial charge in [0.15, 0.2) is 0 Å². The summed E-state index contributed by atoms with van der Waals surface area (Å²) in [5, 5.41) is 10.5. The van der Waals surface area contributed by atoms with Crippen LogP contribution in [0.3, 0.4) is 0 Å². The van der Waals surface area contributed by atoms with E-state index in [9.17, 15) is 5.11 Å². The monoisotopic (exact) mass is 211 g/mol. The molecule has 77 valence electrons. The summed E-state index contributed by atoms with van der Waals surface area (Å²) < 4.78 is 10.5. The average molecular weight is 211 g/mol. The molecule has 0 bridgehead atoms. The van der Waals surface area contributed by atoms with E-state index in [1.54, 1.807) is 13.2 Å². The van der Waals surface area contributed by atoms with E-state index in [0.717, 1.165) is 5.19 Å². The number of benzene rings is 1. The standard InChI is InChI=1S/C10H15O3Si/c1-12-7-8-13-14(2)10-6-4-3-5-9(10)11/h3-6,11H,7-8H2,1-2H3. The number of rotatable bonds is 5. The quantitative estimate of drug-likeness (QED) is 0.580. The fourth-order valence-electron chi connectivity index (χ4n) is 1.13. The molecular weight excluding hydrogens is 196 g/mol. The lowest BCUT2D eigenvalue weighted by Gasteiger charge is -2.11. The van der Waals surface area contributed by atoms with Crippen LogP contribution in [0.2, 0.25) is 6.55 Å².